The van der Waals surface area contributed by atoms with Crippen LogP contribution >= 0.6 is 0 Å². The van der Waals surface area contributed by atoms with Gasteiger partial charge in [-0.15, -0.1) is 5.54 Å². The molecule has 6 heterocycles. The Morgan fingerprint density at radius 1 is 0.853 bits per heavy atom. The largest absolute Gasteiger partial charge is 0.497 e. The highest BCUT2D eigenvalue weighted by molar-refractivity contribution is 6.90. The summed E-state index contributed by atoms with van der Waals surface area (Å²) >= 11 is 0. The van der Waals surface area contributed by atoms with Gasteiger partial charge in [-0.3, -0.25) is 9.80 Å². The number of fused-ring (bicyclic) bond motifs is 5. The summed E-state index contributed by atoms with van der Waals surface area (Å²) in [5, 5.41) is 10.7. The van der Waals surface area contributed by atoms with Crippen LogP contribution in [0.25, 0.3) is 33.1 Å². The van der Waals surface area contributed by atoms with Gasteiger partial charge < -0.3 is 29.1 Å². The number of ether oxygens (including phenoxy) is 3. The Labute approximate surface area is 438 Å². The maximum atomic E-state index is 18.5. The molecule has 4 aromatic carbocycles. The molecule has 2 bridgehead atoms. The molecule has 4 aliphatic heterocycles. The molecule has 0 aliphatic carbocycles. The number of hydrogen-bond donors (Lipinski definition) is 1. The molecule has 394 valence electrons. The minimum Gasteiger partial charge on any atom is -0.497 e. The zero-order chi connectivity index (χ0) is 52.9. The molecule has 0 saturated carbocycles. The third-order valence-electron chi connectivity index (χ3n) is 16.7. The maximum Gasteiger partial charge on any atom is 0.407 e. The smallest absolute Gasteiger partial charge is 0.407 e. The number of piperazine rings is 1. The number of carbonyl (C=O) groups is 1. The molecular formula is C58H67F3N8O5Si. The molecule has 4 fully saturated rings. The van der Waals surface area contributed by atoms with Crippen molar-refractivity contribution < 1.29 is 37.3 Å². The van der Waals surface area contributed by atoms with Crippen LogP contribution in [0.4, 0.5) is 29.7 Å². The van der Waals surface area contributed by atoms with Crippen LogP contribution in [0.1, 0.15) is 90.3 Å². The summed E-state index contributed by atoms with van der Waals surface area (Å²) in [5.74, 6) is 3.57. The summed E-state index contributed by atoms with van der Waals surface area (Å²) in [6, 6.07) is 21.4. The predicted molar refractivity (Wildman–Crippen MR) is 289 cm³/mol. The van der Waals surface area contributed by atoms with E-state index in [1.807, 2.05) is 76.5 Å². The number of anilines is 2. The number of methoxy groups -OCH3 is 2. The van der Waals surface area contributed by atoms with E-state index in [1.165, 1.54) is 11.0 Å². The molecule has 0 spiro atoms. The van der Waals surface area contributed by atoms with Crippen LogP contribution in [0.2, 0.25) is 16.6 Å². The second-order valence-corrected chi connectivity index (χ2v) is 27.5. The Balaban J connectivity index is 1.19. The van der Waals surface area contributed by atoms with Crippen molar-refractivity contribution in [2.45, 2.75) is 127 Å². The molecule has 0 radical (unpaired) electrons. The fourth-order valence-corrected chi connectivity index (χ4v) is 18.2. The molecule has 1 N–H and O–H groups in total. The molecule has 6 aromatic rings. The number of aromatic nitrogens is 4. The first-order valence-electron chi connectivity index (χ1n) is 26.3. The van der Waals surface area contributed by atoms with Crippen molar-refractivity contribution in [3.8, 4) is 40.2 Å². The lowest BCUT2D eigenvalue weighted by molar-refractivity contribution is 0.107. The van der Waals surface area contributed by atoms with E-state index in [2.05, 4.69) is 57.9 Å². The van der Waals surface area contributed by atoms with Gasteiger partial charge in [0.25, 0.3) is 0 Å². The summed E-state index contributed by atoms with van der Waals surface area (Å²) in [7, 11) is 0.900. The van der Waals surface area contributed by atoms with Gasteiger partial charge in [0.15, 0.2) is 5.82 Å². The zero-order valence-corrected chi connectivity index (χ0v) is 45.2. The lowest BCUT2D eigenvalue weighted by atomic mass is 9.95. The van der Waals surface area contributed by atoms with Crippen LogP contribution in [0.3, 0.4) is 0 Å². The Morgan fingerprint density at radius 2 is 1.48 bits per heavy atom. The lowest BCUT2D eigenvalue weighted by Crippen LogP contribution is -2.55. The standard InChI is InChI=1S/C58H67F3N8O5Si/c1-35(2)75(36(3)4,37(5)6)26-23-40-11-9-12-48-49(40)53(63-55(62-48)67(29-38-13-19-44(72-7)20-14-38)30-39-15-21-45(73-8)22-16-39)50-47(60)27-46-52(51(50)61)64-56(74-34-58-24-10-25-68(58)31-41(59)28-58)65-54(46)66-32-42-17-18-43(33-66)69(42)57(70)71/h9,11-16,19-22,27,35-37,41-43H,10,17-18,24-25,28-34H2,1-8H3,(H,70,71)/t41-,42?,43?,58+/m1/s1. The number of alkyl halides is 1. The number of benzene rings is 4. The minimum absolute atomic E-state index is 0.00773. The van der Waals surface area contributed by atoms with Gasteiger partial charge in [-0.05, 0) is 102 Å². The fourth-order valence-electron chi connectivity index (χ4n) is 13.0. The number of rotatable bonds is 15. The van der Waals surface area contributed by atoms with Crippen LogP contribution in [0.5, 0.6) is 17.5 Å². The van der Waals surface area contributed by atoms with Crippen molar-refractivity contribution in [1.29, 1.82) is 0 Å². The molecule has 1 amide bonds. The second kappa shape index (κ2) is 20.8. The highest BCUT2D eigenvalue weighted by Gasteiger charge is 2.50. The number of nitrogens with zero attached hydrogens (tertiary/aromatic N) is 8. The van der Waals surface area contributed by atoms with Gasteiger partial charge in [-0.25, -0.2) is 27.9 Å². The van der Waals surface area contributed by atoms with E-state index in [9.17, 15) is 9.90 Å². The van der Waals surface area contributed by atoms with Crippen LogP contribution in [0, 0.1) is 23.1 Å². The molecule has 2 aromatic heterocycles. The Bertz CT molecular complexity index is 3090. The van der Waals surface area contributed by atoms with Crippen molar-refractivity contribution in [3.05, 3.63) is 101 Å². The van der Waals surface area contributed by atoms with Crippen LogP contribution in [0.15, 0.2) is 72.8 Å². The molecule has 75 heavy (non-hydrogen) atoms. The van der Waals surface area contributed by atoms with E-state index in [0.29, 0.717) is 83.5 Å². The van der Waals surface area contributed by atoms with E-state index >= 15 is 13.2 Å². The summed E-state index contributed by atoms with van der Waals surface area (Å²) in [4.78, 5) is 40.0. The molecule has 4 atom stereocenters. The van der Waals surface area contributed by atoms with Crippen molar-refractivity contribution in [2.75, 3.05) is 56.8 Å². The van der Waals surface area contributed by atoms with Gasteiger partial charge in [-0.1, -0.05) is 77.8 Å². The lowest BCUT2D eigenvalue weighted by Gasteiger charge is -2.40. The molecule has 13 nitrogen and oxygen atoms in total. The summed E-state index contributed by atoms with van der Waals surface area (Å²) in [6.07, 6.45) is 1.21. The number of halogens is 3. The SMILES string of the molecule is COc1ccc(CN(Cc2ccc(OC)cc2)c2nc(-c3c(F)cc4c(N5CC6CCC(C5)N6C(=O)O)nc(OC[C@@]56CCCN5C[C@H](F)C6)nc4c3F)c3c(C#C[Si](C(C)C)(C(C)C)C(C)C)cccc3n2)cc1. The van der Waals surface area contributed by atoms with Gasteiger partial charge in [0.2, 0.25) is 5.95 Å². The highest BCUT2D eigenvalue weighted by Crippen LogP contribution is 2.45. The van der Waals surface area contributed by atoms with Crippen molar-refractivity contribution in [2.24, 2.45) is 0 Å². The number of amides is 1. The first kappa shape index (κ1) is 51.8. The molecule has 4 saturated heterocycles. The van der Waals surface area contributed by atoms with E-state index in [4.69, 9.17) is 34.1 Å². The fraction of sp³-hybridized carbons (Fsp3) is 0.466. The quantitative estimate of drug-likeness (QED) is 0.0776. The van der Waals surface area contributed by atoms with Gasteiger partial charge in [0, 0.05) is 55.5 Å². The number of hydrogen-bond acceptors (Lipinski definition) is 11. The van der Waals surface area contributed by atoms with Crippen LogP contribution in [-0.4, -0.2) is 120 Å². The summed E-state index contributed by atoms with van der Waals surface area (Å²) in [6.45, 7) is 15.8. The second-order valence-electron chi connectivity index (χ2n) is 21.9. The first-order valence-corrected chi connectivity index (χ1v) is 28.6. The minimum atomic E-state index is -2.33. The van der Waals surface area contributed by atoms with E-state index in [0.717, 1.165) is 30.5 Å². The Morgan fingerprint density at radius 3 is 2.07 bits per heavy atom. The van der Waals surface area contributed by atoms with Gasteiger partial charge in [0.05, 0.1) is 48.6 Å². The third kappa shape index (κ3) is 9.69. The first-order chi connectivity index (χ1) is 36.0. The molecule has 10 rings (SSSR count). The Kier molecular flexibility index (Phi) is 14.4. The van der Waals surface area contributed by atoms with Crippen LogP contribution in [-0.2, 0) is 13.1 Å². The van der Waals surface area contributed by atoms with Gasteiger partial charge >= 0.3 is 12.1 Å². The molecule has 17 heteroatoms. The topological polar surface area (TPSA) is 130 Å². The summed E-state index contributed by atoms with van der Waals surface area (Å²) in [5.41, 5.74) is 6.47. The normalized spacial score (nSPS) is 20.6. The highest BCUT2D eigenvalue weighted by atomic mass is 28.3. The molecule has 2 unspecified atom stereocenters. The Hall–Kier alpha value is -6.64. The average Bonchev–Trinajstić information content (AvgIpc) is 4.02. The van der Waals surface area contributed by atoms with Gasteiger partial charge in [-0.2, -0.15) is 9.97 Å². The van der Waals surface area contributed by atoms with Crippen molar-refractivity contribution >= 4 is 47.7 Å². The van der Waals surface area contributed by atoms with Crippen molar-refractivity contribution in [1.82, 2.24) is 29.7 Å². The van der Waals surface area contributed by atoms with Crippen molar-refractivity contribution in [3.63, 3.8) is 0 Å². The van der Waals surface area contributed by atoms with E-state index in [1.54, 1.807) is 14.2 Å². The third-order valence-corrected chi connectivity index (χ3v) is 22.9. The van der Waals surface area contributed by atoms with Crippen LogP contribution < -0.4 is 24.0 Å². The molecule has 4 aliphatic rings. The maximum absolute atomic E-state index is 18.5. The van der Waals surface area contributed by atoms with Gasteiger partial charge in [0.1, 0.15) is 49.5 Å². The number of carboxylic acid groups (broad SMARTS) is 1. The monoisotopic (exact) mass is 1040 g/mol. The molecular weight excluding hydrogens is 974 g/mol. The van der Waals surface area contributed by atoms with E-state index in [-0.39, 0.29) is 66.2 Å². The average molecular weight is 1040 g/mol. The van der Waals surface area contributed by atoms with E-state index < -0.39 is 43.1 Å². The predicted octanol–water partition coefficient (Wildman–Crippen LogP) is 11.6. The summed E-state index contributed by atoms with van der Waals surface area (Å²) < 4.78 is 68.9. The zero-order valence-electron chi connectivity index (χ0n) is 44.2.